The van der Waals surface area contributed by atoms with Crippen LogP contribution in [0.5, 0.6) is 0 Å². The first-order chi connectivity index (χ1) is 17.7. The van der Waals surface area contributed by atoms with Crippen LogP contribution < -0.4 is 9.62 Å². The van der Waals surface area contributed by atoms with Crippen LogP contribution in [0.3, 0.4) is 0 Å². The third kappa shape index (κ3) is 3.84. The van der Waals surface area contributed by atoms with Crippen molar-refractivity contribution in [2.45, 2.75) is 55.1 Å². The molecule has 0 radical (unpaired) electrons. The zero-order valence-corrected chi connectivity index (χ0v) is 21.8. The number of nitrogens with one attached hydrogen (secondary N) is 1. The Morgan fingerprint density at radius 1 is 1.28 bits per heavy atom. The quantitative estimate of drug-likeness (QED) is 0.606. The minimum atomic E-state index is -3.86. The predicted octanol–water partition coefficient (Wildman–Crippen LogP) is 1.79. The van der Waals surface area contributed by atoms with Gasteiger partial charge in [0.1, 0.15) is 0 Å². The maximum absolute atomic E-state index is 14.0. The van der Waals surface area contributed by atoms with Gasteiger partial charge in [0, 0.05) is 30.9 Å². The lowest BCUT2D eigenvalue weighted by Crippen LogP contribution is -2.64. The van der Waals surface area contributed by atoms with Crippen LogP contribution in [0.1, 0.15) is 51.3 Å². The zero-order valence-electron chi connectivity index (χ0n) is 23.0. The highest BCUT2D eigenvalue weighted by atomic mass is 32.2. The molecule has 11 heteroatoms. The Balaban J connectivity index is 1.45. The normalized spacial score (nSPS) is 27.4. The monoisotopic (exact) mass is 513 g/mol. The van der Waals surface area contributed by atoms with Gasteiger partial charge >= 0.3 is 0 Å². The highest BCUT2D eigenvalue weighted by Crippen LogP contribution is 2.50. The number of rotatable bonds is 7. The molecule has 1 aromatic heterocycles. The van der Waals surface area contributed by atoms with Gasteiger partial charge < -0.3 is 9.80 Å². The summed E-state index contributed by atoms with van der Waals surface area (Å²) in [5.41, 5.74) is 0.0952. The molecule has 10 nitrogen and oxygen atoms in total. The van der Waals surface area contributed by atoms with E-state index >= 15 is 0 Å². The summed E-state index contributed by atoms with van der Waals surface area (Å²) in [5, 5.41) is 4.11. The Kier molecular flexibility index (Phi) is 4.66. The third-order valence-electron chi connectivity index (χ3n) is 7.63. The van der Waals surface area contributed by atoms with E-state index in [9.17, 15) is 13.2 Å². The lowest BCUT2D eigenvalue weighted by molar-refractivity contribution is 0.0822. The molecule has 2 aromatic rings. The molecule has 6 rings (SSSR count). The van der Waals surface area contributed by atoms with E-state index in [4.69, 9.17) is 7.73 Å². The van der Waals surface area contributed by atoms with E-state index < -0.39 is 28.0 Å². The van der Waals surface area contributed by atoms with Crippen molar-refractivity contribution < 1.29 is 16.0 Å². The Morgan fingerprint density at radius 3 is 2.67 bits per heavy atom. The number of aromatic nitrogens is 2. The number of hydrogen-bond donors (Lipinski definition) is 1. The van der Waals surface area contributed by atoms with Gasteiger partial charge in [-0.1, -0.05) is 0 Å². The van der Waals surface area contributed by atoms with Crippen LogP contribution in [-0.2, 0) is 23.6 Å². The molecule has 2 aliphatic carbocycles. The van der Waals surface area contributed by atoms with Crippen molar-refractivity contribution in [2.24, 2.45) is 18.0 Å². The number of guanidine groups is 1. The predicted molar refractivity (Wildman–Crippen MR) is 136 cm³/mol. The minimum absolute atomic E-state index is 0.00709. The van der Waals surface area contributed by atoms with Gasteiger partial charge in [-0.2, -0.15) is 5.10 Å². The number of anilines is 1. The summed E-state index contributed by atoms with van der Waals surface area (Å²) in [6.45, 7) is 0.972. The molecule has 0 atom stereocenters. The zero-order chi connectivity index (χ0) is 27.3. The van der Waals surface area contributed by atoms with Crippen molar-refractivity contribution in [3.8, 4) is 0 Å². The lowest BCUT2D eigenvalue weighted by atomic mass is 9.67. The molecule has 36 heavy (non-hydrogen) atoms. The average Bonchev–Trinajstić information content (AvgIpc) is 3.17. The molecular weight excluding hydrogens is 478 g/mol. The fourth-order valence-corrected chi connectivity index (χ4v) is 7.21. The first kappa shape index (κ1) is 21.3. The summed E-state index contributed by atoms with van der Waals surface area (Å²) in [5.74, 6) is 0.0888. The number of aliphatic imine (C=N–C) groups is 1. The average molecular weight is 514 g/mol. The lowest BCUT2D eigenvalue weighted by Gasteiger charge is -2.54. The third-order valence-corrected chi connectivity index (χ3v) is 9.27. The van der Waals surface area contributed by atoms with Gasteiger partial charge in [-0.05, 0) is 70.8 Å². The fraction of sp³-hybridized carbons (Fsp3) is 0.560. The second-order valence-corrected chi connectivity index (χ2v) is 12.9. The molecule has 1 spiro atoms. The van der Waals surface area contributed by atoms with E-state index in [1.807, 2.05) is 25.9 Å². The van der Waals surface area contributed by atoms with Crippen LogP contribution in [0.25, 0.3) is 0 Å². The number of sulfonamides is 1. The number of hydrogen-bond acceptors (Lipinski definition) is 7. The molecule has 0 unspecified atom stereocenters. The summed E-state index contributed by atoms with van der Waals surface area (Å²) in [6, 6.07) is 4.60. The Labute approximate surface area is 214 Å². The van der Waals surface area contributed by atoms with E-state index in [0.717, 1.165) is 37.1 Å². The van der Waals surface area contributed by atoms with Crippen molar-refractivity contribution in [1.82, 2.24) is 24.3 Å². The van der Waals surface area contributed by atoms with Gasteiger partial charge in [-0.15, -0.1) is 0 Å². The highest BCUT2D eigenvalue weighted by molar-refractivity contribution is 7.89. The first-order valence-corrected chi connectivity index (χ1v) is 13.7. The number of carbonyl (C=O) groups is 1. The van der Waals surface area contributed by atoms with E-state index in [2.05, 4.69) is 14.7 Å². The van der Waals surface area contributed by atoms with Gasteiger partial charge in [-0.25, -0.2) is 18.1 Å². The fourth-order valence-electron chi connectivity index (χ4n) is 5.72. The van der Waals surface area contributed by atoms with E-state index in [1.54, 1.807) is 13.1 Å². The summed E-state index contributed by atoms with van der Waals surface area (Å²) < 4.78 is 48.6. The van der Waals surface area contributed by atoms with Crippen LogP contribution in [0.15, 0.2) is 40.5 Å². The Hall–Kier alpha value is -2.76. The van der Waals surface area contributed by atoms with Gasteiger partial charge in [-0.3, -0.25) is 14.4 Å². The van der Waals surface area contributed by atoms with E-state index in [0.29, 0.717) is 18.2 Å². The summed E-state index contributed by atoms with van der Waals surface area (Å²) in [4.78, 5) is 24.0. The molecule has 2 saturated carbocycles. The van der Waals surface area contributed by atoms with Gasteiger partial charge in [0.25, 0.3) is 5.91 Å². The molecule has 2 fully saturated rings. The molecular formula is C25H33N7O3S. The summed E-state index contributed by atoms with van der Waals surface area (Å²) in [7, 11) is 1.91. The second-order valence-electron chi connectivity index (χ2n) is 11.2. The first-order valence-electron chi connectivity index (χ1n) is 13.3. The van der Waals surface area contributed by atoms with Crippen molar-refractivity contribution in [3.63, 3.8) is 0 Å². The molecule has 1 amide bonds. The van der Waals surface area contributed by atoms with Crippen LogP contribution in [0, 0.1) is 5.92 Å². The summed E-state index contributed by atoms with van der Waals surface area (Å²) in [6.07, 6.45) is 6.15. The maximum Gasteiger partial charge on any atom is 0.263 e. The van der Waals surface area contributed by atoms with E-state index in [1.165, 1.54) is 29.2 Å². The Bertz CT molecular complexity index is 1460. The summed E-state index contributed by atoms with van der Waals surface area (Å²) >= 11 is 0. The molecule has 3 heterocycles. The van der Waals surface area contributed by atoms with Crippen LogP contribution in [0.4, 0.5) is 5.69 Å². The minimum Gasteiger partial charge on any atom is -0.309 e. The molecule has 0 saturated heterocycles. The van der Waals surface area contributed by atoms with Crippen LogP contribution >= 0.6 is 0 Å². The number of amides is 1. The van der Waals surface area contributed by atoms with Gasteiger partial charge in [0.15, 0.2) is 0 Å². The molecule has 192 valence electrons. The standard InChI is InChI=1S/C25H33N7O3S/c1-24(7-8-24)28-36(34,35)19-5-6-21-20(9-19)22(33)31(15-18-12-27-30(4)14-18)23-26-16-25(32(21)23)10-17(11-25)13-29(2)3/h5-6,9,12,14,17,28H,7-8,10-11,13,15-16H2,1-4H3/i15D2. The Morgan fingerprint density at radius 2 is 2.03 bits per heavy atom. The van der Waals surface area contributed by atoms with Crippen molar-refractivity contribution in [2.75, 3.05) is 32.1 Å². The molecule has 1 N–H and O–H groups in total. The maximum atomic E-state index is 14.0. The SMILES string of the molecule is [2H]C([2H])(c1cnn(C)c1)N1C(=O)c2cc(S(=O)(=O)NC3(C)CC3)ccc2N2C1=NCC21CC(CN(C)C)C1. The number of benzene rings is 1. The van der Waals surface area contributed by atoms with Gasteiger partial charge in [0.2, 0.25) is 16.0 Å². The number of aryl methyl sites for hydroxylation is 1. The molecule has 1 aromatic carbocycles. The number of carbonyl (C=O) groups excluding carboxylic acids is 1. The smallest absolute Gasteiger partial charge is 0.263 e. The van der Waals surface area contributed by atoms with Crippen molar-refractivity contribution >= 4 is 27.6 Å². The highest BCUT2D eigenvalue weighted by Gasteiger charge is 2.56. The number of nitrogens with zero attached hydrogens (tertiary/aromatic N) is 6. The van der Waals surface area contributed by atoms with Gasteiger partial charge in [0.05, 0.1) is 43.7 Å². The van der Waals surface area contributed by atoms with Crippen molar-refractivity contribution in [1.29, 1.82) is 0 Å². The molecule has 4 aliphatic rings. The van der Waals surface area contributed by atoms with Crippen molar-refractivity contribution in [3.05, 3.63) is 41.7 Å². The second kappa shape index (κ2) is 7.87. The largest absolute Gasteiger partial charge is 0.309 e. The van der Waals surface area contributed by atoms with Crippen LogP contribution in [0.2, 0.25) is 0 Å². The van der Waals surface area contributed by atoms with E-state index in [-0.39, 0.29) is 27.5 Å². The molecule has 2 aliphatic heterocycles. The molecule has 0 bridgehead atoms. The topological polar surface area (TPSA) is 103 Å². The van der Waals surface area contributed by atoms with Crippen LogP contribution in [-0.4, -0.2) is 78.1 Å². The number of fused-ring (bicyclic) bond motifs is 4.